The highest BCUT2D eigenvalue weighted by atomic mass is 16.2. The lowest BCUT2D eigenvalue weighted by atomic mass is 9.87. The Kier molecular flexibility index (Phi) is 4.62. The first-order valence-corrected chi connectivity index (χ1v) is 7.43. The predicted octanol–water partition coefficient (Wildman–Crippen LogP) is 3.70. The first kappa shape index (κ1) is 14.1. The van der Waals surface area contributed by atoms with Crippen molar-refractivity contribution in [1.82, 2.24) is 5.32 Å². The molecule has 0 aliphatic heterocycles. The van der Waals surface area contributed by atoms with Crippen molar-refractivity contribution in [2.24, 2.45) is 5.92 Å². The smallest absolute Gasteiger partial charge is 0.223 e. The zero-order valence-corrected chi connectivity index (χ0v) is 12.1. The van der Waals surface area contributed by atoms with Crippen LogP contribution in [0.3, 0.4) is 0 Å². The van der Waals surface area contributed by atoms with Crippen LogP contribution < -0.4 is 5.32 Å². The first-order chi connectivity index (χ1) is 9.07. The molecule has 0 bridgehead atoms. The molecule has 0 radical (unpaired) electrons. The molecule has 2 rings (SSSR count). The summed E-state index contributed by atoms with van der Waals surface area (Å²) >= 11 is 0. The normalized spacial score (nSPS) is 17.2. The van der Waals surface area contributed by atoms with Crippen molar-refractivity contribution in [3.8, 4) is 0 Å². The first-order valence-electron chi connectivity index (χ1n) is 7.43. The van der Waals surface area contributed by atoms with Crippen LogP contribution in [0.2, 0.25) is 0 Å². The van der Waals surface area contributed by atoms with E-state index in [0.29, 0.717) is 0 Å². The molecule has 1 aromatic carbocycles. The fourth-order valence-corrected chi connectivity index (χ4v) is 2.95. The lowest BCUT2D eigenvalue weighted by molar-refractivity contribution is -0.127. The van der Waals surface area contributed by atoms with E-state index in [1.165, 1.54) is 24.8 Å². The molecule has 1 fully saturated rings. The molecule has 0 spiro atoms. The van der Waals surface area contributed by atoms with E-state index < -0.39 is 0 Å². The molecule has 1 N–H and O–H groups in total. The van der Waals surface area contributed by atoms with E-state index in [0.717, 1.165) is 19.3 Å². The Morgan fingerprint density at radius 1 is 1.16 bits per heavy atom. The SMILES string of the molecule is CC(C)(Cc1ccccc1)NC(=O)C1CCCCC1. The van der Waals surface area contributed by atoms with Gasteiger partial charge in [0.15, 0.2) is 0 Å². The number of hydrogen-bond acceptors (Lipinski definition) is 1. The average Bonchev–Trinajstić information content (AvgIpc) is 2.39. The Morgan fingerprint density at radius 2 is 1.79 bits per heavy atom. The summed E-state index contributed by atoms with van der Waals surface area (Å²) in [6, 6.07) is 10.4. The van der Waals surface area contributed by atoms with E-state index in [1.807, 2.05) is 18.2 Å². The van der Waals surface area contributed by atoms with Gasteiger partial charge in [-0.05, 0) is 38.7 Å². The van der Waals surface area contributed by atoms with Gasteiger partial charge in [-0.15, -0.1) is 0 Å². The fourth-order valence-electron chi connectivity index (χ4n) is 2.95. The summed E-state index contributed by atoms with van der Waals surface area (Å²) in [6.07, 6.45) is 6.71. The summed E-state index contributed by atoms with van der Waals surface area (Å²) in [7, 11) is 0. The number of rotatable bonds is 4. The van der Waals surface area contributed by atoms with Gasteiger partial charge >= 0.3 is 0 Å². The van der Waals surface area contributed by atoms with Crippen molar-refractivity contribution in [2.75, 3.05) is 0 Å². The molecule has 0 saturated heterocycles. The maximum atomic E-state index is 12.3. The lowest BCUT2D eigenvalue weighted by Crippen LogP contribution is -2.47. The third-order valence-electron chi connectivity index (χ3n) is 3.93. The van der Waals surface area contributed by atoms with E-state index in [4.69, 9.17) is 0 Å². The number of nitrogens with one attached hydrogen (secondary N) is 1. The van der Waals surface area contributed by atoms with E-state index in [-0.39, 0.29) is 17.4 Å². The minimum atomic E-state index is -0.171. The van der Waals surface area contributed by atoms with Gasteiger partial charge in [0.05, 0.1) is 0 Å². The number of amides is 1. The number of hydrogen-bond donors (Lipinski definition) is 1. The molecular formula is C17H25NO. The molecule has 0 aromatic heterocycles. The van der Waals surface area contributed by atoms with Crippen LogP contribution in [-0.4, -0.2) is 11.4 Å². The quantitative estimate of drug-likeness (QED) is 0.877. The molecule has 1 saturated carbocycles. The van der Waals surface area contributed by atoms with Crippen molar-refractivity contribution in [3.05, 3.63) is 35.9 Å². The van der Waals surface area contributed by atoms with Gasteiger partial charge < -0.3 is 5.32 Å². The highest BCUT2D eigenvalue weighted by Gasteiger charge is 2.27. The van der Waals surface area contributed by atoms with Gasteiger partial charge in [0.25, 0.3) is 0 Å². The Labute approximate surface area is 116 Å². The monoisotopic (exact) mass is 259 g/mol. The maximum absolute atomic E-state index is 12.3. The molecule has 1 amide bonds. The molecular weight excluding hydrogens is 234 g/mol. The van der Waals surface area contributed by atoms with Crippen LogP contribution in [0.4, 0.5) is 0 Å². The van der Waals surface area contributed by atoms with Gasteiger partial charge in [0.2, 0.25) is 5.91 Å². The maximum Gasteiger partial charge on any atom is 0.223 e. The average molecular weight is 259 g/mol. The Hall–Kier alpha value is -1.31. The second kappa shape index (κ2) is 6.23. The summed E-state index contributed by atoms with van der Waals surface area (Å²) in [5, 5.41) is 3.24. The van der Waals surface area contributed by atoms with E-state index in [2.05, 4.69) is 31.3 Å². The Morgan fingerprint density at radius 3 is 2.42 bits per heavy atom. The third kappa shape index (κ3) is 4.38. The molecule has 2 heteroatoms. The predicted molar refractivity (Wildman–Crippen MR) is 78.9 cm³/mol. The number of carbonyl (C=O) groups is 1. The highest BCUT2D eigenvalue weighted by molar-refractivity contribution is 5.79. The standard InChI is InChI=1S/C17H25NO/c1-17(2,13-14-9-5-3-6-10-14)18-16(19)15-11-7-4-8-12-15/h3,5-6,9-10,15H,4,7-8,11-13H2,1-2H3,(H,18,19). The molecule has 19 heavy (non-hydrogen) atoms. The summed E-state index contributed by atoms with van der Waals surface area (Å²) < 4.78 is 0. The van der Waals surface area contributed by atoms with Crippen molar-refractivity contribution in [1.29, 1.82) is 0 Å². The summed E-state index contributed by atoms with van der Waals surface area (Å²) in [4.78, 5) is 12.3. The molecule has 0 unspecified atom stereocenters. The molecule has 0 heterocycles. The van der Waals surface area contributed by atoms with Crippen LogP contribution in [0.15, 0.2) is 30.3 Å². The number of benzene rings is 1. The molecule has 1 aliphatic rings. The van der Waals surface area contributed by atoms with Crippen LogP contribution in [0, 0.1) is 5.92 Å². The lowest BCUT2D eigenvalue weighted by Gasteiger charge is -2.30. The summed E-state index contributed by atoms with van der Waals surface area (Å²) in [5.41, 5.74) is 1.10. The highest BCUT2D eigenvalue weighted by Crippen LogP contribution is 2.24. The third-order valence-corrected chi connectivity index (χ3v) is 3.93. The van der Waals surface area contributed by atoms with Gasteiger partial charge in [0.1, 0.15) is 0 Å². The summed E-state index contributed by atoms with van der Waals surface area (Å²) in [5.74, 6) is 0.490. The summed E-state index contributed by atoms with van der Waals surface area (Å²) in [6.45, 7) is 4.22. The van der Waals surface area contributed by atoms with Gasteiger partial charge in [-0.2, -0.15) is 0 Å². The van der Waals surface area contributed by atoms with Crippen LogP contribution in [0.5, 0.6) is 0 Å². The number of carbonyl (C=O) groups excluding carboxylic acids is 1. The minimum Gasteiger partial charge on any atom is -0.351 e. The van der Waals surface area contributed by atoms with E-state index >= 15 is 0 Å². The zero-order valence-electron chi connectivity index (χ0n) is 12.1. The van der Waals surface area contributed by atoms with Crippen LogP contribution in [-0.2, 0) is 11.2 Å². The van der Waals surface area contributed by atoms with Crippen molar-refractivity contribution in [2.45, 2.75) is 57.9 Å². The van der Waals surface area contributed by atoms with Gasteiger partial charge in [-0.3, -0.25) is 4.79 Å². The Bertz CT molecular complexity index is 405. The van der Waals surface area contributed by atoms with Crippen molar-refractivity contribution < 1.29 is 4.79 Å². The van der Waals surface area contributed by atoms with Crippen LogP contribution in [0.25, 0.3) is 0 Å². The Balaban J connectivity index is 1.90. The van der Waals surface area contributed by atoms with Crippen molar-refractivity contribution in [3.63, 3.8) is 0 Å². The topological polar surface area (TPSA) is 29.1 Å². The molecule has 0 atom stereocenters. The molecule has 1 aliphatic carbocycles. The second-order valence-corrected chi connectivity index (χ2v) is 6.37. The second-order valence-electron chi connectivity index (χ2n) is 6.37. The fraction of sp³-hybridized carbons (Fsp3) is 0.588. The van der Waals surface area contributed by atoms with Gasteiger partial charge in [-0.1, -0.05) is 49.6 Å². The van der Waals surface area contributed by atoms with Crippen LogP contribution in [0.1, 0.15) is 51.5 Å². The minimum absolute atomic E-state index is 0.171. The van der Waals surface area contributed by atoms with Crippen molar-refractivity contribution >= 4 is 5.91 Å². The molecule has 104 valence electrons. The molecule has 1 aromatic rings. The van der Waals surface area contributed by atoms with Gasteiger partial charge in [-0.25, -0.2) is 0 Å². The van der Waals surface area contributed by atoms with E-state index in [9.17, 15) is 4.79 Å². The molecule has 2 nitrogen and oxygen atoms in total. The van der Waals surface area contributed by atoms with E-state index in [1.54, 1.807) is 0 Å². The zero-order chi connectivity index (χ0) is 13.7. The largest absolute Gasteiger partial charge is 0.351 e. The van der Waals surface area contributed by atoms with Gasteiger partial charge in [0, 0.05) is 11.5 Å². The van der Waals surface area contributed by atoms with Crippen LogP contribution >= 0.6 is 0 Å².